The smallest absolute Gasteiger partial charge is 0.303 e. The maximum absolute atomic E-state index is 10.3. The van der Waals surface area contributed by atoms with Crippen LogP contribution in [0.15, 0.2) is 0 Å². The summed E-state index contributed by atoms with van der Waals surface area (Å²) in [5.74, 6) is -0.653. The molecule has 0 amide bonds. The number of hydrogen-bond donors (Lipinski definition) is 1. The van der Waals surface area contributed by atoms with E-state index in [0.29, 0.717) is 6.42 Å². The zero-order chi connectivity index (χ0) is 30.0. The molecule has 0 spiro atoms. The van der Waals surface area contributed by atoms with Gasteiger partial charge in [-0.1, -0.05) is 181 Å². The number of carboxylic acids is 1. The molecular weight excluding hydrogens is 585 g/mol. The Kier molecular flexibility index (Phi) is 48.2. The molecule has 0 heterocycles. The van der Waals surface area contributed by atoms with Gasteiger partial charge in [-0.15, -0.1) is 0 Å². The summed E-state index contributed by atoms with van der Waals surface area (Å²) in [5, 5.41) is 8.52. The zero-order valence-electron chi connectivity index (χ0n) is 29.4. The summed E-state index contributed by atoms with van der Waals surface area (Å²) in [7, 11) is 6.88. The fourth-order valence-electron chi connectivity index (χ4n) is 5.43. The molecule has 0 saturated heterocycles. The van der Waals surface area contributed by atoms with Crippen LogP contribution in [-0.4, -0.2) is 43.2 Å². The molecule has 42 heavy (non-hydrogen) atoms. The van der Waals surface area contributed by atoms with Crippen LogP contribution in [0.5, 0.6) is 0 Å². The van der Waals surface area contributed by atoms with Gasteiger partial charge < -0.3 is 22.0 Å². The summed E-state index contributed by atoms with van der Waals surface area (Å²) in [5.41, 5.74) is 0. The predicted octanol–water partition coefficient (Wildman–Crippen LogP) is 9.51. The van der Waals surface area contributed by atoms with E-state index < -0.39 is 5.97 Å². The molecule has 0 aromatic heterocycles. The van der Waals surface area contributed by atoms with Crippen molar-refractivity contribution < 1.29 is 43.6 Å². The van der Waals surface area contributed by atoms with Crippen LogP contribution in [0.2, 0.25) is 0 Å². The van der Waals surface area contributed by atoms with Gasteiger partial charge in [0, 0.05) is 23.2 Å². The molecule has 1 radical (unpaired) electrons. The van der Waals surface area contributed by atoms with Crippen molar-refractivity contribution in [2.75, 3.05) is 27.7 Å². The van der Waals surface area contributed by atoms with Gasteiger partial charge in [-0.05, 0) is 19.3 Å². The Balaban J connectivity index is -0.000000328. The molecule has 0 aromatic rings. The molecule has 5 heteroatoms. The van der Waals surface area contributed by atoms with Gasteiger partial charge in [0.15, 0.2) is 0 Å². The first-order valence-electron chi connectivity index (χ1n) is 18.4. The molecule has 259 valence electrons. The fourth-order valence-corrected chi connectivity index (χ4v) is 5.43. The summed E-state index contributed by atoms with van der Waals surface area (Å²) >= 11 is 0. The molecule has 0 rings (SSSR count). The van der Waals surface area contributed by atoms with Crippen LogP contribution in [0, 0.1) is 0 Å². The molecule has 0 fully saturated rings. The number of hydrogen-bond acceptors (Lipinski definition) is 1. The molecule has 1 N–H and O–H groups in total. The van der Waals surface area contributed by atoms with Crippen LogP contribution < -0.4 is 12.4 Å². The van der Waals surface area contributed by atoms with Crippen LogP contribution in [0.3, 0.4) is 0 Å². The van der Waals surface area contributed by atoms with Crippen LogP contribution >= 0.6 is 0 Å². The number of halogens is 1. The number of aliphatic carboxylic acids is 1. The summed E-state index contributed by atoms with van der Waals surface area (Å²) < 4.78 is 1.12. The first kappa shape index (κ1) is 49.1. The Labute approximate surface area is 282 Å². The monoisotopic (exact) mass is 663 g/mol. The normalized spacial score (nSPS) is 10.9. The van der Waals surface area contributed by atoms with Gasteiger partial charge in [-0.25, -0.2) is 0 Å². The first-order chi connectivity index (χ1) is 19.3. The summed E-state index contributed by atoms with van der Waals surface area (Å²) in [6.45, 7) is 5.90. The maximum atomic E-state index is 10.3. The van der Waals surface area contributed by atoms with E-state index in [1.54, 1.807) is 0 Å². The molecule has 0 atom stereocenters. The van der Waals surface area contributed by atoms with Crippen molar-refractivity contribution in [2.24, 2.45) is 0 Å². The number of carbonyl (C=O) groups is 1. The van der Waals surface area contributed by atoms with Gasteiger partial charge in [-0.2, -0.15) is 0 Å². The minimum Gasteiger partial charge on any atom is -1.00 e. The van der Waals surface area contributed by atoms with Gasteiger partial charge >= 0.3 is 5.97 Å². The SMILES string of the molecule is CCCCCCCCCCCCCCCCCC(=O)O.CCCCCCCCCCCCCCCC[N+](C)(C)C.[Cl-].[Co]. The molecular formula is C37H78ClCoNO2. The molecule has 3 nitrogen and oxygen atoms in total. The third-order valence-electron chi connectivity index (χ3n) is 8.18. The van der Waals surface area contributed by atoms with E-state index in [1.807, 2.05) is 0 Å². The van der Waals surface area contributed by atoms with Crippen LogP contribution in [0.1, 0.15) is 206 Å². The van der Waals surface area contributed by atoms with Crippen LogP contribution in [-0.2, 0) is 21.6 Å². The fraction of sp³-hybridized carbons (Fsp3) is 0.973. The van der Waals surface area contributed by atoms with E-state index in [-0.39, 0.29) is 29.2 Å². The predicted molar refractivity (Wildman–Crippen MR) is 180 cm³/mol. The minimum absolute atomic E-state index is 0. The second-order valence-electron chi connectivity index (χ2n) is 13.7. The second-order valence-corrected chi connectivity index (χ2v) is 13.7. The molecule has 0 saturated carbocycles. The van der Waals surface area contributed by atoms with E-state index in [9.17, 15) is 4.79 Å². The first-order valence-corrected chi connectivity index (χ1v) is 18.4. The summed E-state index contributed by atoms with van der Waals surface area (Å²) in [6.07, 6.45) is 40.6. The molecule has 0 aliphatic heterocycles. The third kappa shape index (κ3) is 52.8. The van der Waals surface area contributed by atoms with Crippen molar-refractivity contribution in [3.8, 4) is 0 Å². The van der Waals surface area contributed by atoms with Gasteiger partial charge in [0.25, 0.3) is 0 Å². The zero-order valence-corrected chi connectivity index (χ0v) is 31.2. The Morgan fingerprint density at radius 3 is 0.857 bits per heavy atom. The van der Waals surface area contributed by atoms with Crippen molar-refractivity contribution in [2.45, 2.75) is 206 Å². The van der Waals surface area contributed by atoms with Crippen molar-refractivity contribution >= 4 is 5.97 Å². The Morgan fingerprint density at radius 1 is 0.429 bits per heavy atom. The number of nitrogens with zero attached hydrogens (tertiary/aromatic N) is 1. The summed E-state index contributed by atoms with van der Waals surface area (Å²) in [6, 6.07) is 0. The number of quaternary nitrogens is 1. The Morgan fingerprint density at radius 2 is 0.643 bits per heavy atom. The van der Waals surface area contributed by atoms with Crippen molar-refractivity contribution in [3.05, 3.63) is 0 Å². The molecule has 0 unspecified atom stereocenters. The number of unbranched alkanes of at least 4 members (excludes halogenated alkanes) is 27. The van der Waals surface area contributed by atoms with E-state index in [4.69, 9.17) is 5.11 Å². The molecule has 0 aliphatic carbocycles. The largest absolute Gasteiger partial charge is 1.00 e. The van der Waals surface area contributed by atoms with E-state index in [2.05, 4.69) is 35.0 Å². The van der Waals surface area contributed by atoms with E-state index >= 15 is 0 Å². The van der Waals surface area contributed by atoms with Gasteiger partial charge in [0.1, 0.15) is 0 Å². The van der Waals surface area contributed by atoms with Gasteiger partial charge in [0.05, 0.1) is 27.7 Å². The topological polar surface area (TPSA) is 37.3 Å². The van der Waals surface area contributed by atoms with Gasteiger partial charge in [-0.3, -0.25) is 4.79 Å². The minimum atomic E-state index is -0.653. The average Bonchev–Trinajstić information content (AvgIpc) is 2.90. The number of carboxylic acid groups (broad SMARTS) is 1. The quantitative estimate of drug-likeness (QED) is 0.0593. The average molecular weight is 663 g/mol. The third-order valence-corrected chi connectivity index (χ3v) is 8.18. The van der Waals surface area contributed by atoms with E-state index in [0.717, 1.165) is 17.3 Å². The van der Waals surface area contributed by atoms with Crippen LogP contribution in [0.4, 0.5) is 0 Å². The Hall–Kier alpha value is 0.226. The standard InChI is InChI=1S/C19H42N.C18H36O2.ClH.Co/c1-5-6-7-8-9-10-11-12-13-14-15-16-17-18-19-20(2,3)4;1-2-3-4-5-6-7-8-9-10-11-12-13-14-15-16-17-18(19)20;;/h5-19H2,1-4H3;2-17H2,1H3,(H,19,20);1H;/q+1;;;/p-1. The Bertz CT molecular complexity index is 485. The number of rotatable bonds is 31. The van der Waals surface area contributed by atoms with Crippen molar-refractivity contribution in [3.63, 3.8) is 0 Å². The molecule has 0 aromatic carbocycles. The van der Waals surface area contributed by atoms with Gasteiger partial charge in [0.2, 0.25) is 0 Å². The molecule has 0 bridgehead atoms. The maximum Gasteiger partial charge on any atom is 0.303 e. The second kappa shape index (κ2) is 41.2. The van der Waals surface area contributed by atoms with E-state index in [1.165, 1.54) is 180 Å². The molecule has 0 aliphatic rings. The van der Waals surface area contributed by atoms with Crippen molar-refractivity contribution in [1.82, 2.24) is 0 Å². The van der Waals surface area contributed by atoms with Crippen LogP contribution in [0.25, 0.3) is 0 Å². The summed E-state index contributed by atoms with van der Waals surface area (Å²) in [4.78, 5) is 10.3. The van der Waals surface area contributed by atoms with Crippen molar-refractivity contribution in [1.29, 1.82) is 0 Å².